The molecule has 0 aliphatic carbocycles. The number of rotatable bonds is 3. The van der Waals surface area contributed by atoms with E-state index in [1.165, 1.54) is 15.9 Å². The van der Waals surface area contributed by atoms with Crippen LogP contribution in [0, 0.1) is 5.82 Å². The summed E-state index contributed by atoms with van der Waals surface area (Å²) in [5, 5.41) is 15.0. The van der Waals surface area contributed by atoms with E-state index in [9.17, 15) is 33.5 Å². The van der Waals surface area contributed by atoms with Crippen molar-refractivity contribution >= 4 is 30.0 Å². The van der Waals surface area contributed by atoms with Gasteiger partial charge in [0, 0.05) is 12.1 Å². The second kappa shape index (κ2) is 14.9. The summed E-state index contributed by atoms with van der Waals surface area (Å²) in [6.07, 6.45) is 5.29. The van der Waals surface area contributed by atoms with Crippen molar-refractivity contribution in [2.45, 2.75) is 115 Å². The van der Waals surface area contributed by atoms with E-state index >= 15 is 0 Å². The molecule has 3 aliphatic rings. The first kappa shape index (κ1) is 33.9. The Labute approximate surface area is 262 Å². The molecular weight excluding hydrogens is 587 g/mol. The summed E-state index contributed by atoms with van der Waals surface area (Å²) >= 11 is 0. The topological polar surface area (TPSA) is 157 Å². The Morgan fingerprint density at radius 1 is 1.07 bits per heavy atom. The summed E-state index contributed by atoms with van der Waals surface area (Å²) < 4.78 is 25.4. The zero-order valence-corrected chi connectivity index (χ0v) is 26.1. The number of carbonyl (C=O) groups is 5. The maximum atomic E-state index is 14.3. The van der Waals surface area contributed by atoms with Gasteiger partial charge in [0.2, 0.25) is 6.04 Å². The number of amides is 4. The quantitative estimate of drug-likeness (QED) is 0.336. The largest absolute Gasteiger partial charge is 0.480 e. The van der Waals surface area contributed by atoms with Crippen LogP contribution in [0.4, 0.5) is 14.0 Å². The molecule has 4 unspecified atom stereocenters. The van der Waals surface area contributed by atoms with Crippen molar-refractivity contribution in [3.63, 3.8) is 0 Å². The Hall–Kier alpha value is -4.00. The first-order valence-corrected chi connectivity index (χ1v) is 15.5. The van der Waals surface area contributed by atoms with E-state index in [2.05, 4.69) is 10.6 Å². The number of carboxylic acids is 1. The maximum Gasteiger partial charge on any atom is 0.410 e. The highest BCUT2D eigenvalue weighted by Gasteiger charge is 2.54. The lowest BCUT2D eigenvalue weighted by molar-refractivity contribution is -0.142. The van der Waals surface area contributed by atoms with Crippen LogP contribution in [0.2, 0.25) is 0 Å². The Bertz CT molecular complexity index is 1310. The standard InChI is InChI=1S/C32H43FN4O8/c1-32(2,3)45-30(42)35-24-14-9-7-5-4-6-8-10-15-25(29(40)41)34-27(38)26-16-21(18-37(26)28(24)39)44-31(43)36-17-20-12-11-13-23(33)22(20)19-36/h6,8,11-13,21,24-26H,4-5,7,9-10,14-19H2,1-3H3,(H,34,38)(H,35,42)(H,40,41)/q+1. The predicted molar refractivity (Wildman–Crippen MR) is 161 cm³/mol. The number of hydrogen-bond acceptors (Lipinski definition) is 7. The minimum absolute atomic E-state index is 0.0245. The molecule has 1 radical (unpaired) electrons. The van der Waals surface area contributed by atoms with Gasteiger partial charge in [-0.15, -0.1) is 0 Å². The number of allylic oxidation sites excluding steroid dienone is 2. The summed E-state index contributed by atoms with van der Waals surface area (Å²) in [6, 6.07) is 1.25. The number of alkyl carbamates (subject to hydrolysis) is 1. The Balaban J connectivity index is 1.55. The van der Waals surface area contributed by atoms with Crippen LogP contribution in [-0.2, 0) is 36.9 Å². The molecule has 4 rings (SSSR count). The molecule has 4 atom stereocenters. The molecule has 1 saturated heterocycles. The third kappa shape index (κ3) is 9.25. The fraction of sp³-hybridized carbons (Fsp3) is 0.594. The van der Waals surface area contributed by atoms with Crippen LogP contribution in [-0.4, -0.2) is 76.4 Å². The van der Waals surface area contributed by atoms with Crippen molar-refractivity contribution in [2.24, 2.45) is 0 Å². The molecule has 3 aliphatic heterocycles. The average molecular weight is 631 g/mol. The number of halogens is 1. The van der Waals surface area contributed by atoms with E-state index in [0.29, 0.717) is 24.0 Å². The first-order chi connectivity index (χ1) is 21.3. The highest BCUT2D eigenvalue weighted by Crippen LogP contribution is 2.28. The normalized spacial score (nSPS) is 25.2. The van der Waals surface area contributed by atoms with Crippen molar-refractivity contribution < 1.29 is 42.9 Å². The molecule has 12 nitrogen and oxygen atoms in total. The second-order valence-corrected chi connectivity index (χ2v) is 12.8. The van der Waals surface area contributed by atoms with Gasteiger partial charge < -0.3 is 25.2 Å². The molecule has 245 valence electrons. The highest BCUT2D eigenvalue weighted by atomic mass is 19.1. The molecule has 13 heteroatoms. The third-order valence-corrected chi connectivity index (χ3v) is 8.06. The van der Waals surface area contributed by atoms with Crippen LogP contribution < -0.4 is 15.5 Å². The first-order valence-electron chi connectivity index (χ1n) is 15.5. The summed E-state index contributed by atoms with van der Waals surface area (Å²) in [7, 11) is 0. The predicted octanol–water partition coefficient (Wildman–Crippen LogP) is 3.85. The molecule has 3 N–H and O–H groups in total. The lowest BCUT2D eigenvalue weighted by atomic mass is 10.0. The summed E-state index contributed by atoms with van der Waals surface area (Å²) in [6.45, 7) is 5.13. The van der Waals surface area contributed by atoms with Gasteiger partial charge in [-0.25, -0.2) is 23.6 Å². The van der Waals surface area contributed by atoms with Gasteiger partial charge in [0.25, 0.3) is 5.91 Å². The van der Waals surface area contributed by atoms with Crippen LogP contribution in [0.15, 0.2) is 30.4 Å². The number of hydrogen-bond donors (Lipinski definition) is 3. The number of nitrogens with one attached hydrogen (secondary N) is 2. The zero-order chi connectivity index (χ0) is 32.7. The maximum absolute atomic E-state index is 14.3. The number of carboxylic acid groups (broad SMARTS) is 1. The highest BCUT2D eigenvalue weighted by molar-refractivity contribution is 5.95. The average Bonchev–Trinajstić information content (AvgIpc) is 3.58. The van der Waals surface area contributed by atoms with Gasteiger partial charge in [0.1, 0.15) is 17.5 Å². The molecule has 4 amide bonds. The molecule has 0 aromatic heterocycles. The fourth-order valence-corrected chi connectivity index (χ4v) is 5.82. The number of ether oxygens (including phenoxy) is 2. The van der Waals surface area contributed by atoms with E-state index in [1.807, 2.05) is 12.2 Å². The molecule has 0 bridgehead atoms. The number of nitrogens with zero attached hydrogens (tertiary/aromatic N) is 2. The minimum Gasteiger partial charge on any atom is -0.480 e. The van der Waals surface area contributed by atoms with Crippen LogP contribution in [0.25, 0.3) is 0 Å². The Morgan fingerprint density at radius 3 is 2.53 bits per heavy atom. The van der Waals surface area contributed by atoms with E-state index < -0.39 is 65.6 Å². The minimum atomic E-state index is -1.21. The lowest BCUT2D eigenvalue weighted by Gasteiger charge is -2.23. The van der Waals surface area contributed by atoms with Crippen LogP contribution in [0.1, 0.15) is 83.3 Å². The van der Waals surface area contributed by atoms with Gasteiger partial charge in [-0.1, -0.05) is 42.0 Å². The number of carbonyl (C=O) groups excluding carboxylic acids is 4. The molecular formula is C32H43FN4O8+. The zero-order valence-electron chi connectivity index (χ0n) is 26.1. The lowest BCUT2D eigenvalue weighted by Crippen LogP contribution is -2.58. The number of aliphatic carboxylic acids is 1. The van der Waals surface area contributed by atoms with Crippen molar-refractivity contribution in [1.82, 2.24) is 20.4 Å². The van der Waals surface area contributed by atoms with Gasteiger partial charge >= 0.3 is 24.1 Å². The van der Waals surface area contributed by atoms with E-state index in [4.69, 9.17) is 9.47 Å². The van der Waals surface area contributed by atoms with Gasteiger partial charge in [-0.3, -0.25) is 9.69 Å². The van der Waals surface area contributed by atoms with Crippen LogP contribution in [0.5, 0.6) is 0 Å². The van der Waals surface area contributed by atoms with E-state index in [0.717, 1.165) is 19.3 Å². The number of benzene rings is 1. The summed E-state index contributed by atoms with van der Waals surface area (Å²) in [5.41, 5.74) is 0.267. The van der Waals surface area contributed by atoms with E-state index in [1.54, 1.807) is 32.9 Å². The fourth-order valence-electron chi connectivity index (χ4n) is 5.82. The third-order valence-electron chi connectivity index (χ3n) is 8.06. The smallest absolute Gasteiger partial charge is 0.410 e. The van der Waals surface area contributed by atoms with Crippen molar-refractivity contribution in [1.29, 1.82) is 0 Å². The molecule has 0 spiro atoms. The Kier molecular flexibility index (Phi) is 11.2. The molecule has 45 heavy (non-hydrogen) atoms. The summed E-state index contributed by atoms with van der Waals surface area (Å²) in [4.78, 5) is 68.0. The SMILES string of the molecule is CC(C)(C)OC(=O)NC1CCCCCC=CCCC(C(=O)O)NC(=O)C2CC(OC(=O)N3Cc4cccc(F)c4C3)C[N+]2C1=O. The van der Waals surface area contributed by atoms with Crippen LogP contribution >= 0.6 is 0 Å². The van der Waals surface area contributed by atoms with Crippen LogP contribution in [0.3, 0.4) is 0 Å². The molecule has 0 saturated carbocycles. The number of fused-ring (bicyclic) bond motifs is 2. The summed E-state index contributed by atoms with van der Waals surface area (Å²) in [5.74, 6) is -2.88. The molecule has 1 aromatic carbocycles. The molecule has 1 aromatic rings. The Morgan fingerprint density at radius 2 is 1.82 bits per heavy atom. The van der Waals surface area contributed by atoms with Gasteiger partial charge in [0.15, 0.2) is 18.7 Å². The van der Waals surface area contributed by atoms with Gasteiger partial charge in [-0.05, 0) is 64.5 Å². The van der Waals surface area contributed by atoms with E-state index in [-0.39, 0.29) is 38.9 Å². The molecule has 3 heterocycles. The van der Waals surface area contributed by atoms with Gasteiger partial charge in [-0.2, -0.15) is 0 Å². The monoisotopic (exact) mass is 630 g/mol. The van der Waals surface area contributed by atoms with Crippen molar-refractivity contribution in [3.05, 3.63) is 47.3 Å². The molecule has 1 fully saturated rings. The van der Waals surface area contributed by atoms with Crippen molar-refractivity contribution in [2.75, 3.05) is 6.54 Å². The van der Waals surface area contributed by atoms with Crippen molar-refractivity contribution in [3.8, 4) is 0 Å². The second-order valence-electron chi connectivity index (χ2n) is 12.8. The van der Waals surface area contributed by atoms with Gasteiger partial charge in [0.05, 0.1) is 13.0 Å².